The fourth-order valence-electron chi connectivity index (χ4n) is 4.00. The molecule has 2 aromatic carbocycles. The fraction of sp³-hybridized carbons (Fsp3) is 0.350. The van der Waals surface area contributed by atoms with Gasteiger partial charge >= 0.3 is 6.18 Å². The number of amides is 1. The van der Waals surface area contributed by atoms with Gasteiger partial charge in [0.25, 0.3) is 5.91 Å². The molecule has 1 N–H and O–H groups in total. The molecule has 4 rings (SSSR count). The van der Waals surface area contributed by atoms with E-state index in [1.54, 1.807) is 36.3 Å². The molecule has 1 amide bonds. The van der Waals surface area contributed by atoms with Crippen LogP contribution in [0.15, 0.2) is 30.3 Å². The summed E-state index contributed by atoms with van der Waals surface area (Å²) in [5.74, 6) is 0.119. The van der Waals surface area contributed by atoms with Crippen LogP contribution in [0, 0.1) is 6.92 Å². The normalized spacial score (nSPS) is 19.1. The Kier molecular flexibility index (Phi) is 4.14. The van der Waals surface area contributed by atoms with Gasteiger partial charge in [-0.05, 0) is 53.4 Å². The van der Waals surface area contributed by atoms with Gasteiger partial charge in [-0.1, -0.05) is 6.07 Å². The molecule has 0 saturated carbocycles. The number of benzene rings is 2. The molecule has 0 unspecified atom stereocenters. The summed E-state index contributed by atoms with van der Waals surface area (Å²) in [7, 11) is 1.54. The number of carbonyl (C=O) groups is 1. The SMILES string of the molecule is COc1ccc(-c2cc3c(c(C(F)(F)F)c2)C(=O)N2CCNC[C@@H]32)c(C)c1. The standard InChI is InChI=1S/C20H19F3N2O2/c1-11-7-13(27-2)3-4-14(11)12-8-15-17-10-24-5-6-25(17)19(26)18(15)16(9-12)20(21,22)23/h3-4,7-9,17,24H,5-6,10H2,1-2H3/t17-/m0/s1. The first-order valence-corrected chi connectivity index (χ1v) is 8.73. The lowest BCUT2D eigenvalue weighted by Crippen LogP contribution is -2.44. The molecule has 0 aromatic heterocycles. The largest absolute Gasteiger partial charge is 0.497 e. The van der Waals surface area contributed by atoms with Crippen molar-refractivity contribution in [3.8, 4) is 16.9 Å². The molecule has 1 atom stereocenters. The van der Waals surface area contributed by atoms with Crippen molar-refractivity contribution in [1.29, 1.82) is 0 Å². The van der Waals surface area contributed by atoms with E-state index in [2.05, 4.69) is 5.32 Å². The van der Waals surface area contributed by atoms with Crippen molar-refractivity contribution < 1.29 is 22.7 Å². The molecule has 0 bridgehead atoms. The van der Waals surface area contributed by atoms with Crippen molar-refractivity contribution in [3.63, 3.8) is 0 Å². The highest BCUT2D eigenvalue weighted by atomic mass is 19.4. The predicted molar refractivity (Wildman–Crippen MR) is 94.8 cm³/mol. The Morgan fingerprint density at radius 1 is 1.22 bits per heavy atom. The Morgan fingerprint density at radius 3 is 2.67 bits per heavy atom. The van der Waals surface area contributed by atoms with Crippen LogP contribution in [0.25, 0.3) is 11.1 Å². The van der Waals surface area contributed by atoms with Gasteiger partial charge in [-0.15, -0.1) is 0 Å². The van der Waals surface area contributed by atoms with Crippen LogP contribution in [0.2, 0.25) is 0 Å². The van der Waals surface area contributed by atoms with E-state index in [-0.39, 0.29) is 11.6 Å². The number of aryl methyl sites for hydroxylation is 1. The minimum Gasteiger partial charge on any atom is -0.497 e. The number of ether oxygens (including phenoxy) is 1. The lowest BCUT2D eigenvalue weighted by atomic mass is 9.91. The summed E-state index contributed by atoms with van der Waals surface area (Å²) in [6.07, 6.45) is -4.60. The maximum atomic E-state index is 13.8. The average molecular weight is 376 g/mol. The van der Waals surface area contributed by atoms with E-state index in [0.717, 1.165) is 11.6 Å². The summed E-state index contributed by atoms with van der Waals surface area (Å²) in [5, 5.41) is 3.17. The van der Waals surface area contributed by atoms with Crippen LogP contribution in [0.3, 0.4) is 0 Å². The molecule has 27 heavy (non-hydrogen) atoms. The van der Waals surface area contributed by atoms with E-state index in [9.17, 15) is 18.0 Å². The Hall–Kier alpha value is -2.54. The molecule has 1 fully saturated rings. The minimum absolute atomic E-state index is 0.203. The number of alkyl halides is 3. The number of hydrogen-bond acceptors (Lipinski definition) is 3. The molecule has 1 saturated heterocycles. The molecular formula is C20H19F3N2O2. The molecular weight excluding hydrogens is 357 g/mol. The van der Waals surface area contributed by atoms with E-state index in [1.807, 2.05) is 6.92 Å². The summed E-state index contributed by atoms with van der Waals surface area (Å²) in [5.41, 5.74) is 1.36. The second kappa shape index (κ2) is 6.27. The highest BCUT2D eigenvalue weighted by Gasteiger charge is 2.45. The van der Waals surface area contributed by atoms with Crippen LogP contribution >= 0.6 is 0 Å². The summed E-state index contributed by atoms with van der Waals surface area (Å²) in [6.45, 7) is 3.29. The number of nitrogens with zero attached hydrogens (tertiary/aromatic N) is 1. The quantitative estimate of drug-likeness (QED) is 0.867. The Balaban J connectivity index is 1.93. The van der Waals surface area contributed by atoms with Crippen molar-refractivity contribution in [2.75, 3.05) is 26.7 Å². The van der Waals surface area contributed by atoms with Gasteiger partial charge in [0.1, 0.15) is 5.75 Å². The summed E-state index contributed by atoms with van der Waals surface area (Å²) >= 11 is 0. The van der Waals surface area contributed by atoms with Crippen molar-refractivity contribution in [1.82, 2.24) is 10.2 Å². The number of methoxy groups -OCH3 is 1. The number of piperazine rings is 1. The van der Waals surface area contributed by atoms with Gasteiger partial charge in [0, 0.05) is 19.6 Å². The number of rotatable bonds is 2. The van der Waals surface area contributed by atoms with E-state index in [1.165, 1.54) is 0 Å². The number of halogens is 3. The van der Waals surface area contributed by atoms with Crippen LogP contribution in [-0.4, -0.2) is 37.6 Å². The molecule has 7 heteroatoms. The summed E-state index contributed by atoms with van der Waals surface area (Å²) in [4.78, 5) is 14.2. The molecule has 2 aliphatic heterocycles. The van der Waals surface area contributed by atoms with Crippen LogP contribution in [0.5, 0.6) is 5.75 Å². The smallest absolute Gasteiger partial charge is 0.417 e. The summed E-state index contributed by atoms with van der Waals surface area (Å²) in [6, 6.07) is 7.73. The van der Waals surface area contributed by atoms with Crippen LogP contribution in [0.4, 0.5) is 13.2 Å². The topological polar surface area (TPSA) is 41.6 Å². The molecule has 142 valence electrons. The molecule has 2 aromatic rings. The predicted octanol–water partition coefficient (Wildman–Crippen LogP) is 3.79. The minimum atomic E-state index is -4.60. The second-order valence-corrected chi connectivity index (χ2v) is 6.89. The van der Waals surface area contributed by atoms with Gasteiger partial charge in [-0.3, -0.25) is 4.79 Å². The maximum absolute atomic E-state index is 13.8. The van der Waals surface area contributed by atoms with Gasteiger partial charge in [0.2, 0.25) is 0 Å². The third-order valence-electron chi connectivity index (χ3n) is 5.30. The number of hydrogen-bond donors (Lipinski definition) is 1. The molecule has 2 heterocycles. The Bertz CT molecular complexity index is 924. The number of carbonyl (C=O) groups excluding carboxylic acids is 1. The zero-order chi connectivity index (χ0) is 19.3. The highest BCUT2D eigenvalue weighted by molar-refractivity contribution is 6.02. The van der Waals surface area contributed by atoms with E-state index >= 15 is 0 Å². The number of fused-ring (bicyclic) bond motifs is 3. The first kappa shape index (κ1) is 17.9. The Labute approximate surface area is 154 Å². The lowest BCUT2D eigenvalue weighted by molar-refractivity contribution is -0.137. The van der Waals surface area contributed by atoms with Crippen molar-refractivity contribution in [3.05, 3.63) is 52.6 Å². The molecule has 4 nitrogen and oxygen atoms in total. The molecule has 0 aliphatic carbocycles. The van der Waals surface area contributed by atoms with Crippen molar-refractivity contribution in [2.24, 2.45) is 0 Å². The van der Waals surface area contributed by atoms with Gasteiger partial charge in [0.05, 0.1) is 24.3 Å². The van der Waals surface area contributed by atoms with Gasteiger partial charge in [-0.25, -0.2) is 0 Å². The third-order valence-corrected chi connectivity index (χ3v) is 5.30. The molecule has 2 aliphatic rings. The van der Waals surface area contributed by atoms with Crippen LogP contribution in [-0.2, 0) is 6.18 Å². The van der Waals surface area contributed by atoms with Gasteiger partial charge < -0.3 is 15.0 Å². The average Bonchev–Trinajstić information content (AvgIpc) is 2.93. The fourth-order valence-corrected chi connectivity index (χ4v) is 4.00. The zero-order valence-corrected chi connectivity index (χ0v) is 15.0. The number of nitrogens with one attached hydrogen (secondary N) is 1. The Morgan fingerprint density at radius 2 is 2.00 bits per heavy atom. The van der Waals surface area contributed by atoms with E-state index in [4.69, 9.17) is 4.74 Å². The first-order valence-electron chi connectivity index (χ1n) is 8.73. The summed E-state index contributed by atoms with van der Waals surface area (Å²) < 4.78 is 46.6. The molecule has 0 radical (unpaired) electrons. The first-order chi connectivity index (χ1) is 12.8. The van der Waals surface area contributed by atoms with E-state index < -0.39 is 17.6 Å². The maximum Gasteiger partial charge on any atom is 0.417 e. The monoisotopic (exact) mass is 376 g/mol. The van der Waals surface area contributed by atoms with Crippen molar-refractivity contribution >= 4 is 5.91 Å². The third kappa shape index (κ3) is 2.86. The van der Waals surface area contributed by atoms with E-state index in [0.29, 0.717) is 42.1 Å². The highest BCUT2D eigenvalue weighted by Crippen LogP contribution is 2.44. The van der Waals surface area contributed by atoms with Crippen LogP contribution in [0.1, 0.15) is 33.1 Å². The zero-order valence-electron chi connectivity index (χ0n) is 15.0. The van der Waals surface area contributed by atoms with Gasteiger partial charge in [0.15, 0.2) is 0 Å². The van der Waals surface area contributed by atoms with Gasteiger partial charge in [-0.2, -0.15) is 13.2 Å². The van der Waals surface area contributed by atoms with Crippen molar-refractivity contribution in [2.45, 2.75) is 19.1 Å². The molecule has 0 spiro atoms. The second-order valence-electron chi connectivity index (χ2n) is 6.89. The lowest BCUT2D eigenvalue weighted by Gasteiger charge is -2.30. The van der Waals surface area contributed by atoms with Crippen LogP contribution < -0.4 is 10.1 Å².